The summed E-state index contributed by atoms with van der Waals surface area (Å²) in [6.07, 6.45) is 3.79. The maximum atomic E-state index is 10.8. The van der Waals surface area contributed by atoms with Crippen LogP contribution >= 0.6 is 0 Å². The van der Waals surface area contributed by atoms with Crippen LogP contribution in [0.15, 0.2) is 6.20 Å². The predicted octanol–water partition coefficient (Wildman–Crippen LogP) is 0.469. The highest BCUT2D eigenvalue weighted by molar-refractivity contribution is 5.69. The lowest BCUT2D eigenvalue weighted by molar-refractivity contribution is 0.139. The van der Waals surface area contributed by atoms with E-state index in [9.17, 15) is 4.79 Å². The molecule has 2 aliphatic rings. The van der Waals surface area contributed by atoms with Crippen molar-refractivity contribution in [2.45, 2.75) is 25.5 Å². The molecule has 1 aromatic rings. The van der Waals surface area contributed by atoms with Crippen molar-refractivity contribution in [3.63, 3.8) is 0 Å². The van der Waals surface area contributed by atoms with Crippen LogP contribution in [-0.2, 0) is 11.3 Å². The van der Waals surface area contributed by atoms with Crippen LogP contribution in [0.5, 0.6) is 0 Å². The Balaban J connectivity index is 1.69. The van der Waals surface area contributed by atoms with Crippen molar-refractivity contribution < 1.29 is 9.53 Å². The first-order valence-corrected chi connectivity index (χ1v) is 5.16. The Morgan fingerprint density at radius 1 is 1.60 bits per heavy atom. The standard InChI is InChI=1S/C9H12N4O2/c14-9-10-3-8(15-9)7-5-13(12-11-7)4-6-1-2-6/h5-6,8H,1-4H2,(H,10,14). The molecule has 1 atom stereocenters. The van der Waals surface area contributed by atoms with Gasteiger partial charge in [0.15, 0.2) is 6.10 Å². The van der Waals surface area contributed by atoms with Crippen LogP contribution in [0.1, 0.15) is 24.6 Å². The minimum atomic E-state index is -0.378. The van der Waals surface area contributed by atoms with Crippen molar-refractivity contribution in [2.75, 3.05) is 6.54 Å². The average molecular weight is 208 g/mol. The maximum absolute atomic E-state index is 10.8. The molecule has 1 aliphatic heterocycles. The van der Waals surface area contributed by atoms with Gasteiger partial charge in [-0.15, -0.1) is 5.10 Å². The quantitative estimate of drug-likeness (QED) is 0.783. The number of nitrogens with one attached hydrogen (secondary N) is 1. The largest absolute Gasteiger partial charge is 0.438 e. The van der Waals surface area contributed by atoms with E-state index in [4.69, 9.17) is 4.74 Å². The molecule has 6 heteroatoms. The zero-order chi connectivity index (χ0) is 10.3. The van der Waals surface area contributed by atoms with Gasteiger partial charge in [-0.2, -0.15) is 0 Å². The van der Waals surface area contributed by atoms with Gasteiger partial charge in [-0.05, 0) is 18.8 Å². The van der Waals surface area contributed by atoms with Crippen LogP contribution < -0.4 is 5.32 Å². The molecule has 1 unspecified atom stereocenters. The second-order valence-electron chi connectivity index (χ2n) is 4.08. The van der Waals surface area contributed by atoms with Gasteiger partial charge in [-0.25, -0.2) is 4.79 Å². The highest BCUT2D eigenvalue weighted by Crippen LogP contribution is 2.30. The van der Waals surface area contributed by atoms with E-state index in [1.165, 1.54) is 12.8 Å². The first kappa shape index (κ1) is 8.70. The van der Waals surface area contributed by atoms with Gasteiger partial charge in [-0.3, -0.25) is 4.68 Å². The highest BCUT2D eigenvalue weighted by Gasteiger charge is 2.28. The summed E-state index contributed by atoms with van der Waals surface area (Å²) < 4.78 is 6.85. The van der Waals surface area contributed by atoms with E-state index in [0.717, 1.165) is 18.2 Å². The van der Waals surface area contributed by atoms with E-state index in [1.54, 1.807) is 0 Å². The number of hydrogen-bond acceptors (Lipinski definition) is 4. The van der Waals surface area contributed by atoms with Gasteiger partial charge in [0.1, 0.15) is 5.69 Å². The third-order valence-electron chi connectivity index (χ3n) is 2.71. The fourth-order valence-electron chi connectivity index (χ4n) is 1.67. The van der Waals surface area contributed by atoms with E-state index in [1.807, 2.05) is 10.9 Å². The Hall–Kier alpha value is -1.59. The maximum Gasteiger partial charge on any atom is 0.408 e. The number of hydrogen-bond donors (Lipinski definition) is 1. The van der Waals surface area contributed by atoms with E-state index >= 15 is 0 Å². The topological polar surface area (TPSA) is 69.0 Å². The smallest absolute Gasteiger partial charge is 0.408 e. The number of cyclic esters (lactones) is 1. The predicted molar refractivity (Wildman–Crippen MR) is 50.0 cm³/mol. The molecular formula is C9H12N4O2. The molecule has 80 valence electrons. The van der Waals surface area contributed by atoms with E-state index in [0.29, 0.717) is 6.54 Å². The van der Waals surface area contributed by atoms with Crippen LogP contribution in [0.4, 0.5) is 4.79 Å². The molecule has 2 heterocycles. The molecule has 0 bridgehead atoms. The van der Waals surface area contributed by atoms with Gasteiger partial charge in [0.2, 0.25) is 0 Å². The summed E-state index contributed by atoms with van der Waals surface area (Å²) in [5, 5.41) is 10.6. The number of amides is 1. The molecule has 6 nitrogen and oxygen atoms in total. The van der Waals surface area contributed by atoms with Gasteiger partial charge in [-0.1, -0.05) is 5.21 Å². The van der Waals surface area contributed by atoms with Crippen LogP contribution in [0.3, 0.4) is 0 Å². The molecule has 1 saturated heterocycles. The Kier molecular flexibility index (Phi) is 1.87. The fraction of sp³-hybridized carbons (Fsp3) is 0.667. The zero-order valence-corrected chi connectivity index (χ0v) is 8.22. The van der Waals surface area contributed by atoms with E-state index < -0.39 is 0 Å². The first-order valence-electron chi connectivity index (χ1n) is 5.16. The number of carbonyl (C=O) groups excluding carboxylic acids is 1. The minimum absolute atomic E-state index is 0.273. The molecule has 15 heavy (non-hydrogen) atoms. The SMILES string of the molecule is O=C1NCC(c2cn(CC3CC3)nn2)O1. The van der Waals surface area contributed by atoms with Crippen molar-refractivity contribution in [3.05, 3.63) is 11.9 Å². The number of rotatable bonds is 3. The normalized spacial score (nSPS) is 25.1. The monoisotopic (exact) mass is 208 g/mol. The van der Waals surface area contributed by atoms with Gasteiger partial charge in [0.25, 0.3) is 0 Å². The molecule has 0 aromatic carbocycles. The fourth-order valence-corrected chi connectivity index (χ4v) is 1.67. The summed E-state index contributed by atoms with van der Waals surface area (Å²) in [5.74, 6) is 0.767. The van der Waals surface area contributed by atoms with E-state index in [2.05, 4.69) is 15.6 Å². The Bertz CT molecular complexity index is 385. The number of alkyl carbamates (subject to hydrolysis) is 1. The molecule has 0 spiro atoms. The summed E-state index contributed by atoms with van der Waals surface area (Å²) in [6, 6.07) is 0. The average Bonchev–Trinajstić information content (AvgIpc) is 2.74. The second kappa shape index (κ2) is 3.22. The van der Waals surface area contributed by atoms with Gasteiger partial charge < -0.3 is 10.1 Å². The lowest BCUT2D eigenvalue weighted by Crippen LogP contribution is -2.12. The molecule has 3 rings (SSSR count). The zero-order valence-electron chi connectivity index (χ0n) is 8.22. The van der Waals surface area contributed by atoms with Gasteiger partial charge in [0, 0.05) is 6.54 Å². The third kappa shape index (κ3) is 1.79. The molecule has 2 fully saturated rings. The van der Waals surface area contributed by atoms with Crippen molar-refractivity contribution in [1.82, 2.24) is 20.3 Å². The lowest BCUT2D eigenvalue weighted by atomic mass is 10.3. The van der Waals surface area contributed by atoms with Crippen molar-refractivity contribution in [3.8, 4) is 0 Å². The third-order valence-corrected chi connectivity index (χ3v) is 2.71. The second-order valence-corrected chi connectivity index (χ2v) is 4.08. The minimum Gasteiger partial charge on any atom is -0.438 e. The number of aromatic nitrogens is 3. The molecule has 1 aliphatic carbocycles. The lowest BCUT2D eigenvalue weighted by Gasteiger charge is -2.01. The van der Waals surface area contributed by atoms with Crippen LogP contribution in [0.25, 0.3) is 0 Å². The van der Waals surface area contributed by atoms with Crippen LogP contribution in [0, 0.1) is 5.92 Å². The first-order chi connectivity index (χ1) is 7.31. The Morgan fingerprint density at radius 2 is 2.47 bits per heavy atom. The van der Waals surface area contributed by atoms with Crippen LogP contribution in [0.2, 0.25) is 0 Å². The Morgan fingerprint density at radius 3 is 3.13 bits per heavy atom. The number of carbonyl (C=O) groups is 1. The molecule has 0 radical (unpaired) electrons. The van der Waals surface area contributed by atoms with Gasteiger partial charge in [0.05, 0.1) is 12.7 Å². The summed E-state index contributed by atoms with van der Waals surface area (Å²) in [4.78, 5) is 10.8. The van der Waals surface area contributed by atoms with Crippen molar-refractivity contribution in [1.29, 1.82) is 0 Å². The highest BCUT2D eigenvalue weighted by atomic mass is 16.6. The molecule has 1 aromatic heterocycles. The van der Waals surface area contributed by atoms with Crippen molar-refractivity contribution >= 4 is 6.09 Å². The molecular weight excluding hydrogens is 196 g/mol. The molecule has 1 amide bonds. The van der Waals surface area contributed by atoms with Crippen molar-refractivity contribution in [2.24, 2.45) is 5.92 Å². The summed E-state index contributed by atoms with van der Waals surface area (Å²) >= 11 is 0. The van der Waals surface area contributed by atoms with E-state index in [-0.39, 0.29) is 12.2 Å². The summed E-state index contributed by atoms with van der Waals surface area (Å²) in [7, 11) is 0. The number of ether oxygens (including phenoxy) is 1. The summed E-state index contributed by atoms with van der Waals surface area (Å²) in [6.45, 7) is 1.42. The van der Waals surface area contributed by atoms with Crippen LogP contribution in [-0.4, -0.2) is 27.6 Å². The summed E-state index contributed by atoms with van der Waals surface area (Å²) in [5.41, 5.74) is 0.731. The Labute approximate surface area is 86.6 Å². The van der Waals surface area contributed by atoms with Gasteiger partial charge >= 0.3 is 6.09 Å². The molecule has 1 N–H and O–H groups in total. The molecule has 1 saturated carbocycles. The number of nitrogens with zero attached hydrogens (tertiary/aromatic N) is 3.